The number of amides is 1. The minimum atomic E-state index is -0.964. The lowest BCUT2D eigenvalue weighted by Gasteiger charge is -2.29. The molecule has 7 heteroatoms. The van der Waals surface area contributed by atoms with Crippen molar-refractivity contribution in [3.05, 3.63) is 58.3 Å². The smallest absolute Gasteiger partial charge is 0.408 e. The molecule has 0 spiro atoms. The van der Waals surface area contributed by atoms with Crippen molar-refractivity contribution < 1.29 is 14.6 Å². The fourth-order valence-electron chi connectivity index (χ4n) is 3.27. The highest BCUT2D eigenvalue weighted by Gasteiger charge is 2.28. The van der Waals surface area contributed by atoms with Crippen LogP contribution in [0.15, 0.2) is 46.9 Å². The number of rotatable bonds is 7. The SMILES string of the molecule is COc1cc2nc(C(CC(C)C)N(Cc3ccccc3)C(=O)O)[nH]c2cc1Br. The van der Waals surface area contributed by atoms with Gasteiger partial charge in [0, 0.05) is 12.6 Å². The number of hydrogen-bond donors (Lipinski definition) is 2. The van der Waals surface area contributed by atoms with Gasteiger partial charge in [-0.25, -0.2) is 9.78 Å². The summed E-state index contributed by atoms with van der Waals surface area (Å²) in [5.74, 6) is 1.63. The Bertz CT molecular complexity index is 956. The molecule has 3 aromatic rings. The Balaban J connectivity index is 2.02. The van der Waals surface area contributed by atoms with E-state index in [1.807, 2.05) is 42.5 Å². The van der Waals surface area contributed by atoms with Crippen LogP contribution in [-0.4, -0.2) is 33.2 Å². The van der Waals surface area contributed by atoms with Crippen molar-refractivity contribution in [2.75, 3.05) is 7.11 Å². The number of methoxy groups -OCH3 is 1. The Morgan fingerprint density at radius 1 is 1.29 bits per heavy atom. The van der Waals surface area contributed by atoms with Crippen LogP contribution in [0, 0.1) is 5.92 Å². The zero-order valence-electron chi connectivity index (χ0n) is 16.1. The van der Waals surface area contributed by atoms with E-state index in [2.05, 4.69) is 34.8 Å². The lowest BCUT2D eigenvalue weighted by Crippen LogP contribution is -2.34. The molecule has 0 aliphatic rings. The number of aromatic amines is 1. The lowest BCUT2D eigenvalue weighted by atomic mass is 10.0. The number of nitrogens with one attached hydrogen (secondary N) is 1. The molecule has 2 aromatic carbocycles. The summed E-state index contributed by atoms with van der Waals surface area (Å²) in [6.45, 7) is 4.47. The molecule has 148 valence electrons. The minimum absolute atomic E-state index is 0.303. The molecule has 0 saturated carbocycles. The number of hydrogen-bond acceptors (Lipinski definition) is 3. The van der Waals surface area contributed by atoms with Gasteiger partial charge in [0.25, 0.3) is 0 Å². The van der Waals surface area contributed by atoms with Gasteiger partial charge in [0.1, 0.15) is 11.6 Å². The summed E-state index contributed by atoms with van der Waals surface area (Å²) >= 11 is 3.48. The van der Waals surface area contributed by atoms with Crippen LogP contribution in [-0.2, 0) is 6.54 Å². The predicted octanol–water partition coefficient (Wildman–Crippen LogP) is 5.60. The van der Waals surface area contributed by atoms with Crippen molar-refractivity contribution >= 4 is 33.1 Å². The summed E-state index contributed by atoms with van der Waals surface area (Å²) < 4.78 is 6.16. The number of ether oxygens (including phenoxy) is 1. The van der Waals surface area contributed by atoms with Crippen LogP contribution >= 0.6 is 15.9 Å². The highest BCUT2D eigenvalue weighted by Crippen LogP contribution is 2.33. The summed E-state index contributed by atoms with van der Waals surface area (Å²) in [5, 5.41) is 9.94. The Morgan fingerprint density at radius 2 is 2.00 bits per heavy atom. The highest BCUT2D eigenvalue weighted by molar-refractivity contribution is 9.10. The number of benzene rings is 2. The normalized spacial score (nSPS) is 12.3. The number of carbonyl (C=O) groups is 1. The molecule has 3 rings (SSSR count). The molecule has 0 bridgehead atoms. The van der Waals surface area contributed by atoms with Gasteiger partial charge in [-0.05, 0) is 39.9 Å². The number of aromatic nitrogens is 2. The molecule has 1 unspecified atom stereocenters. The van der Waals surface area contributed by atoms with E-state index in [9.17, 15) is 9.90 Å². The first-order valence-electron chi connectivity index (χ1n) is 9.15. The third-order valence-electron chi connectivity index (χ3n) is 4.60. The fourth-order valence-corrected chi connectivity index (χ4v) is 3.77. The standard InChI is InChI=1S/C21H24BrN3O3/c1-13(2)9-18(25(21(26)27)12-14-7-5-4-6-8-14)20-23-16-10-15(22)19(28-3)11-17(16)24-20/h4-8,10-11,13,18H,9,12H2,1-3H3,(H,23,24)(H,26,27). The van der Waals surface area contributed by atoms with E-state index in [1.165, 1.54) is 4.90 Å². The van der Waals surface area contributed by atoms with Crippen molar-refractivity contribution in [2.24, 2.45) is 5.92 Å². The molecule has 0 fully saturated rings. The van der Waals surface area contributed by atoms with Gasteiger partial charge in [0.05, 0.1) is 28.7 Å². The van der Waals surface area contributed by atoms with Gasteiger partial charge in [0.15, 0.2) is 0 Å². The molecule has 1 atom stereocenters. The zero-order valence-corrected chi connectivity index (χ0v) is 17.7. The summed E-state index contributed by atoms with van der Waals surface area (Å²) in [6.07, 6.45) is -0.300. The Labute approximate surface area is 172 Å². The molecule has 6 nitrogen and oxygen atoms in total. The van der Waals surface area contributed by atoms with Gasteiger partial charge >= 0.3 is 6.09 Å². The quantitative estimate of drug-likeness (QED) is 0.495. The fraction of sp³-hybridized carbons (Fsp3) is 0.333. The first-order chi connectivity index (χ1) is 13.4. The first-order valence-corrected chi connectivity index (χ1v) is 9.95. The first kappa shape index (κ1) is 20.2. The number of imidazole rings is 1. The molecule has 28 heavy (non-hydrogen) atoms. The monoisotopic (exact) mass is 445 g/mol. The molecule has 1 heterocycles. The van der Waals surface area contributed by atoms with Crippen LogP contribution in [0.25, 0.3) is 11.0 Å². The number of halogens is 1. The molecule has 0 radical (unpaired) electrons. The molecule has 0 aliphatic heterocycles. The van der Waals surface area contributed by atoms with Gasteiger partial charge in [-0.3, -0.25) is 4.90 Å². The summed E-state index contributed by atoms with van der Waals surface area (Å²) in [7, 11) is 1.60. The van der Waals surface area contributed by atoms with Gasteiger partial charge < -0.3 is 14.8 Å². The average Bonchev–Trinajstić information content (AvgIpc) is 3.06. The third kappa shape index (κ3) is 4.47. The Kier molecular flexibility index (Phi) is 6.24. The second-order valence-electron chi connectivity index (χ2n) is 7.17. The van der Waals surface area contributed by atoms with Gasteiger partial charge in [0.2, 0.25) is 0 Å². The van der Waals surface area contributed by atoms with E-state index in [1.54, 1.807) is 7.11 Å². The molecule has 2 N–H and O–H groups in total. The molecule has 0 saturated heterocycles. The molecule has 1 aromatic heterocycles. The summed E-state index contributed by atoms with van der Waals surface area (Å²) in [6, 6.07) is 13.0. The molecule has 0 aliphatic carbocycles. The maximum atomic E-state index is 12.1. The average molecular weight is 446 g/mol. The van der Waals surface area contributed by atoms with Crippen LogP contribution in [0.1, 0.15) is 37.7 Å². The highest BCUT2D eigenvalue weighted by atomic mass is 79.9. The summed E-state index contributed by atoms with van der Waals surface area (Å²) in [4.78, 5) is 21.6. The van der Waals surface area contributed by atoms with E-state index >= 15 is 0 Å². The predicted molar refractivity (Wildman–Crippen MR) is 113 cm³/mol. The largest absolute Gasteiger partial charge is 0.495 e. The van der Waals surface area contributed by atoms with E-state index in [4.69, 9.17) is 9.72 Å². The van der Waals surface area contributed by atoms with Crippen molar-refractivity contribution in [2.45, 2.75) is 32.9 Å². The molecule has 1 amide bonds. The summed E-state index contributed by atoms with van der Waals surface area (Å²) in [5.41, 5.74) is 2.52. The van der Waals surface area contributed by atoms with Crippen molar-refractivity contribution in [1.29, 1.82) is 0 Å². The third-order valence-corrected chi connectivity index (χ3v) is 5.22. The van der Waals surface area contributed by atoms with E-state index < -0.39 is 6.09 Å². The van der Waals surface area contributed by atoms with Gasteiger partial charge in [-0.15, -0.1) is 0 Å². The Hall–Kier alpha value is -2.54. The number of fused-ring (bicyclic) bond motifs is 1. The van der Waals surface area contributed by atoms with E-state index in [0.717, 1.165) is 21.1 Å². The van der Waals surface area contributed by atoms with Crippen LogP contribution < -0.4 is 4.74 Å². The second-order valence-corrected chi connectivity index (χ2v) is 8.02. The number of nitrogens with zero attached hydrogens (tertiary/aromatic N) is 2. The van der Waals surface area contributed by atoms with Crippen LogP contribution in [0.5, 0.6) is 5.75 Å². The maximum Gasteiger partial charge on any atom is 0.408 e. The topological polar surface area (TPSA) is 78.4 Å². The minimum Gasteiger partial charge on any atom is -0.495 e. The number of H-pyrrole nitrogens is 1. The number of carboxylic acid groups (broad SMARTS) is 1. The molecular weight excluding hydrogens is 422 g/mol. The van der Waals surface area contributed by atoms with E-state index in [-0.39, 0.29) is 6.04 Å². The van der Waals surface area contributed by atoms with Crippen molar-refractivity contribution in [3.63, 3.8) is 0 Å². The lowest BCUT2D eigenvalue weighted by molar-refractivity contribution is 0.110. The van der Waals surface area contributed by atoms with Crippen LogP contribution in [0.2, 0.25) is 0 Å². The van der Waals surface area contributed by atoms with Crippen LogP contribution in [0.4, 0.5) is 4.79 Å². The Morgan fingerprint density at radius 3 is 2.61 bits per heavy atom. The second kappa shape index (κ2) is 8.65. The van der Waals surface area contributed by atoms with Crippen molar-refractivity contribution in [1.82, 2.24) is 14.9 Å². The van der Waals surface area contributed by atoms with Crippen molar-refractivity contribution in [3.8, 4) is 5.75 Å². The van der Waals surface area contributed by atoms with Gasteiger partial charge in [-0.1, -0.05) is 44.2 Å². The zero-order chi connectivity index (χ0) is 20.3. The molecular formula is C21H24BrN3O3. The van der Waals surface area contributed by atoms with Gasteiger partial charge in [-0.2, -0.15) is 0 Å². The van der Waals surface area contributed by atoms with E-state index in [0.29, 0.717) is 30.5 Å². The van der Waals surface area contributed by atoms with Crippen LogP contribution in [0.3, 0.4) is 0 Å². The maximum absolute atomic E-state index is 12.1.